The van der Waals surface area contributed by atoms with Gasteiger partial charge in [-0.15, -0.1) is 0 Å². The summed E-state index contributed by atoms with van der Waals surface area (Å²) in [4.78, 5) is 0. The summed E-state index contributed by atoms with van der Waals surface area (Å²) in [5.74, 6) is -0.925. The van der Waals surface area contributed by atoms with Crippen molar-refractivity contribution < 1.29 is 13.2 Å². The van der Waals surface area contributed by atoms with E-state index in [0.717, 1.165) is 23.5 Å². The molecule has 1 aromatic heterocycles. The van der Waals surface area contributed by atoms with Gasteiger partial charge in [-0.1, -0.05) is 0 Å². The van der Waals surface area contributed by atoms with Crippen LogP contribution in [0, 0.1) is 18.6 Å². The van der Waals surface area contributed by atoms with Crippen LogP contribution < -0.4 is 5.32 Å². The van der Waals surface area contributed by atoms with Gasteiger partial charge in [0.05, 0.1) is 12.8 Å². The highest BCUT2D eigenvalue weighted by atomic mass is 19.2. The third kappa shape index (κ3) is 2.21. The Hall–Kier alpha value is -1.84. The smallest absolute Gasteiger partial charge is 0.160 e. The molecule has 0 unspecified atom stereocenters. The predicted octanol–water partition coefficient (Wildman–Crippen LogP) is 3.48. The monoisotopic (exact) mass is 223 g/mol. The Labute approximate surface area is 91.9 Å². The molecule has 84 valence electrons. The topological polar surface area (TPSA) is 25.2 Å². The number of benzene rings is 1. The first-order valence-corrected chi connectivity index (χ1v) is 4.88. The van der Waals surface area contributed by atoms with E-state index in [-0.39, 0.29) is 0 Å². The molecular formula is C12H11F2NO. The van der Waals surface area contributed by atoms with Crippen LogP contribution in [0.15, 0.2) is 34.9 Å². The number of halogens is 2. The number of furan rings is 1. The minimum absolute atomic E-state index is 0.448. The Morgan fingerprint density at radius 2 is 2.00 bits per heavy atom. The molecule has 2 rings (SSSR count). The molecule has 0 bridgehead atoms. The number of aryl methyl sites for hydroxylation is 1. The van der Waals surface area contributed by atoms with Crippen LogP contribution >= 0.6 is 0 Å². The van der Waals surface area contributed by atoms with Gasteiger partial charge in [0, 0.05) is 11.8 Å². The van der Waals surface area contributed by atoms with E-state index in [1.807, 2.05) is 13.0 Å². The average molecular weight is 223 g/mol. The van der Waals surface area contributed by atoms with Crippen molar-refractivity contribution in [1.82, 2.24) is 0 Å². The molecule has 16 heavy (non-hydrogen) atoms. The van der Waals surface area contributed by atoms with Crippen LogP contribution in [-0.4, -0.2) is 0 Å². The molecule has 1 heterocycles. The van der Waals surface area contributed by atoms with E-state index in [2.05, 4.69) is 5.32 Å². The lowest BCUT2D eigenvalue weighted by Crippen LogP contribution is -2.00. The highest BCUT2D eigenvalue weighted by Crippen LogP contribution is 2.15. The van der Waals surface area contributed by atoms with Crippen LogP contribution in [0.1, 0.15) is 11.3 Å². The average Bonchev–Trinajstić information content (AvgIpc) is 2.66. The van der Waals surface area contributed by atoms with Crippen LogP contribution in [-0.2, 0) is 6.54 Å². The first-order valence-electron chi connectivity index (χ1n) is 4.88. The highest BCUT2D eigenvalue weighted by molar-refractivity contribution is 5.43. The Bertz CT molecular complexity index is 494. The summed E-state index contributed by atoms with van der Waals surface area (Å²) in [6, 6.07) is 5.54. The van der Waals surface area contributed by atoms with Crippen molar-refractivity contribution in [2.75, 3.05) is 5.32 Å². The maximum absolute atomic E-state index is 12.9. The van der Waals surface area contributed by atoms with Crippen molar-refractivity contribution in [3.8, 4) is 0 Å². The third-order valence-electron chi connectivity index (χ3n) is 2.34. The summed E-state index contributed by atoms with van der Waals surface area (Å²) in [6.07, 6.45) is 1.59. The fourth-order valence-electron chi connectivity index (χ4n) is 1.37. The Kier molecular flexibility index (Phi) is 2.90. The first-order chi connectivity index (χ1) is 7.66. The molecule has 0 fully saturated rings. The molecule has 1 N–H and O–H groups in total. The number of hydrogen-bond donors (Lipinski definition) is 1. The molecule has 0 amide bonds. The lowest BCUT2D eigenvalue weighted by molar-refractivity contribution is 0.507. The van der Waals surface area contributed by atoms with Gasteiger partial charge in [-0.05, 0) is 30.7 Å². The van der Waals surface area contributed by atoms with Crippen LogP contribution in [0.2, 0.25) is 0 Å². The van der Waals surface area contributed by atoms with E-state index in [1.165, 1.54) is 6.07 Å². The summed E-state index contributed by atoms with van der Waals surface area (Å²) < 4.78 is 30.8. The molecule has 0 radical (unpaired) electrons. The zero-order valence-corrected chi connectivity index (χ0v) is 8.76. The molecule has 0 saturated heterocycles. The quantitative estimate of drug-likeness (QED) is 0.861. The molecule has 0 spiro atoms. The fourth-order valence-corrected chi connectivity index (χ4v) is 1.37. The maximum atomic E-state index is 12.9. The second-order valence-corrected chi connectivity index (χ2v) is 3.51. The second-order valence-electron chi connectivity index (χ2n) is 3.51. The minimum Gasteiger partial charge on any atom is -0.467 e. The van der Waals surface area contributed by atoms with Crippen LogP contribution in [0.5, 0.6) is 0 Å². The molecule has 0 aliphatic carbocycles. The molecule has 0 atom stereocenters. The van der Waals surface area contributed by atoms with E-state index < -0.39 is 11.6 Å². The molecule has 0 aliphatic rings. The second kappa shape index (κ2) is 4.35. The van der Waals surface area contributed by atoms with Gasteiger partial charge in [0.15, 0.2) is 11.6 Å². The molecule has 0 saturated carbocycles. The van der Waals surface area contributed by atoms with Gasteiger partial charge in [-0.3, -0.25) is 0 Å². The first kappa shape index (κ1) is 10.7. The largest absolute Gasteiger partial charge is 0.467 e. The summed E-state index contributed by atoms with van der Waals surface area (Å²) >= 11 is 0. The van der Waals surface area contributed by atoms with E-state index >= 15 is 0 Å². The zero-order chi connectivity index (χ0) is 11.5. The van der Waals surface area contributed by atoms with E-state index in [0.29, 0.717) is 12.2 Å². The van der Waals surface area contributed by atoms with Gasteiger partial charge in [0.2, 0.25) is 0 Å². The van der Waals surface area contributed by atoms with Crippen LogP contribution in [0.25, 0.3) is 0 Å². The van der Waals surface area contributed by atoms with E-state index in [4.69, 9.17) is 4.42 Å². The van der Waals surface area contributed by atoms with Crippen molar-refractivity contribution in [2.24, 2.45) is 0 Å². The molecule has 2 nitrogen and oxygen atoms in total. The number of rotatable bonds is 3. The summed E-state index contributed by atoms with van der Waals surface area (Å²) in [5, 5.41) is 2.96. The van der Waals surface area contributed by atoms with Gasteiger partial charge >= 0.3 is 0 Å². The SMILES string of the molecule is Cc1ccoc1CNc1ccc(F)c(F)c1. The van der Waals surface area contributed by atoms with Gasteiger partial charge < -0.3 is 9.73 Å². The van der Waals surface area contributed by atoms with Crippen molar-refractivity contribution >= 4 is 5.69 Å². The third-order valence-corrected chi connectivity index (χ3v) is 2.34. The normalized spacial score (nSPS) is 10.4. The van der Waals surface area contributed by atoms with Crippen molar-refractivity contribution in [2.45, 2.75) is 13.5 Å². The maximum Gasteiger partial charge on any atom is 0.160 e. The summed E-state index contributed by atoms with van der Waals surface area (Å²) in [6.45, 7) is 2.37. The Morgan fingerprint density at radius 3 is 2.62 bits per heavy atom. The van der Waals surface area contributed by atoms with Crippen molar-refractivity contribution in [3.63, 3.8) is 0 Å². The zero-order valence-electron chi connectivity index (χ0n) is 8.76. The Morgan fingerprint density at radius 1 is 1.19 bits per heavy atom. The van der Waals surface area contributed by atoms with Crippen LogP contribution in [0.4, 0.5) is 14.5 Å². The summed E-state index contributed by atoms with van der Waals surface area (Å²) in [7, 11) is 0. The lowest BCUT2D eigenvalue weighted by Gasteiger charge is -2.05. The molecule has 0 aliphatic heterocycles. The fraction of sp³-hybridized carbons (Fsp3) is 0.167. The molecule has 4 heteroatoms. The van der Waals surface area contributed by atoms with Crippen LogP contribution in [0.3, 0.4) is 0 Å². The lowest BCUT2D eigenvalue weighted by atomic mass is 10.2. The number of nitrogens with one attached hydrogen (secondary N) is 1. The van der Waals surface area contributed by atoms with Gasteiger partial charge in [-0.25, -0.2) is 8.78 Å². The van der Waals surface area contributed by atoms with Crippen molar-refractivity contribution in [3.05, 3.63) is 53.5 Å². The highest BCUT2D eigenvalue weighted by Gasteiger charge is 2.04. The molecular weight excluding hydrogens is 212 g/mol. The number of anilines is 1. The van der Waals surface area contributed by atoms with Gasteiger partial charge in [0.25, 0.3) is 0 Å². The minimum atomic E-state index is -0.860. The molecule has 1 aromatic carbocycles. The standard InChI is InChI=1S/C12H11F2NO/c1-8-4-5-16-12(8)7-15-9-2-3-10(13)11(14)6-9/h2-6,15H,7H2,1H3. The van der Waals surface area contributed by atoms with Gasteiger partial charge in [-0.2, -0.15) is 0 Å². The van der Waals surface area contributed by atoms with Crippen molar-refractivity contribution in [1.29, 1.82) is 0 Å². The number of hydrogen-bond acceptors (Lipinski definition) is 2. The Balaban J connectivity index is 2.05. The molecule has 2 aromatic rings. The predicted molar refractivity (Wildman–Crippen MR) is 57.1 cm³/mol. The van der Waals surface area contributed by atoms with E-state index in [9.17, 15) is 8.78 Å². The van der Waals surface area contributed by atoms with Gasteiger partial charge in [0.1, 0.15) is 5.76 Å². The van der Waals surface area contributed by atoms with E-state index in [1.54, 1.807) is 6.26 Å². The summed E-state index contributed by atoms with van der Waals surface area (Å²) in [5.41, 5.74) is 1.55.